The molecule has 1 aliphatic rings. The van der Waals surface area contributed by atoms with Gasteiger partial charge in [-0.05, 0) is 48.9 Å². The van der Waals surface area contributed by atoms with Crippen molar-refractivity contribution in [2.75, 3.05) is 0 Å². The summed E-state index contributed by atoms with van der Waals surface area (Å²) in [5.74, 6) is -0.231. The van der Waals surface area contributed by atoms with Crippen LogP contribution in [0.25, 0.3) is 17.0 Å². The van der Waals surface area contributed by atoms with E-state index in [4.69, 9.17) is 0 Å². The van der Waals surface area contributed by atoms with Crippen LogP contribution in [-0.4, -0.2) is 20.6 Å². The summed E-state index contributed by atoms with van der Waals surface area (Å²) in [5.41, 5.74) is 6.45. The molecule has 0 spiro atoms. The minimum atomic E-state index is -0.231. The minimum absolute atomic E-state index is 0.224. The van der Waals surface area contributed by atoms with Gasteiger partial charge >= 0.3 is 0 Å². The number of nitrogens with zero attached hydrogens (tertiary/aromatic N) is 2. The summed E-state index contributed by atoms with van der Waals surface area (Å²) in [4.78, 5) is 27.7. The van der Waals surface area contributed by atoms with Crippen LogP contribution in [0.15, 0.2) is 83.8 Å². The Balaban J connectivity index is 1.51. The number of hydrogen-bond donors (Lipinski definition) is 0. The molecule has 0 aliphatic carbocycles. The predicted octanol–water partition coefficient (Wildman–Crippen LogP) is 6.54. The number of imide groups is 1. The van der Waals surface area contributed by atoms with Gasteiger partial charge in [0.15, 0.2) is 0 Å². The van der Waals surface area contributed by atoms with E-state index in [0.717, 1.165) is 51.6 Å². The lowest BCUT2D eigenvalue weighted by Gasteiger charge is -2.12. The summed E-state index contributed by atoms with van der Waals surface area (Å²) in [5, 5.41) is 0.856. The SMILES string of the molecule is Cc1cccc(CN2C(=O)S/C(=C\c3c(C)n(Cc4ccccc4)c4ccccc34)C2=O)c1. The van der Waals surface area contributed by atoms with E-state index in [2.05, 4.69) is 35.8 Å². The molecule has 1 aliphatic heterocycles. The highest BCUT2D eigenvalue weighted by Gasteiger charge is 2.35. The summed E-state index contributed by atoms with van der Waals surface area (Å²) in [6.45, 7) is 5.12. The lowest BCUT2D eigenvalue weighted by atomic mass is 10.1. The summed E-state index contributed by atoms with van der Waals surface area (Å²) in [7, 11) is 0. The van der Waals surface area contributed by atoms with E-state index < -0.39 is 0 Å². The first-order valence-electron chi connectivity index (χ1n) is 10.9. The van der Waals surface area contributed by atoms with E-state index in [-0.39, 0.29) is 11.1 Å². The Labute approximate surface area is 197 Å². The van der Waals surface area contributed by atoms with Gasteiger partial charge in [-0.25, -0.2) is 0 Å². The van der Waals surface area contributed by atoms with Gasteiger partial charge in [0.25, 0.3) is 11.1 Å². The molecule has 1 saturated heterocycles. The zero-order valence-electron chi connectivity index (χ0n) is 18.6. The standard InChI is InChI=1S/C28H24N2O2S/c1-19-9-8-12-22(15-19)18-30-27(31)26(33-28(30)32)16-24-20(2)29(17-21-10-4-3-5-11-21)25-14-7-6-13-23(24)25/h3-16H,17-18H2,1-2H3/b26-16-. The fourth-order valence-corrected chi connectivity index (χ4v) is 5.19. The molecule has 33 heavy (non-hydrogen) atoms. The van der Waals surface area contributed by atoms with Gasteiger partial charge in [-0.3, -0.25) is 14.5 Å². The van der Waals surface area contributed by atoms with Crippen molar-refractivity contribution in [2.24, 2.45) is 0 Å². The fourth-order valence-electron chi connectivity index (χ4n) is 4.37. The van der Waals surface area contributed by atoms with Crippen molar-refractivity contribution < 1.29 is 9.59 Å². The number of para-hydroxylation sites is 1. The Kier molecular flexibility index (Phi) is 5.65. The second kappa shape index (κ2) is 8.75. The van der Waals surface area contributed by atoms with Gasteiger partial charge in [0.2, 0.25) is 0 Å². The molecule has 0 radical (unpaired) electrons. The molecule has 0 unspecified atom stereocenters. The van der Waals surface area contributed by atoms with Crippen molar-refractivity contribution in [3.8, 4) is 0 Å². The van der Waals surface area contributed by atoms with Crippen LogP contribution < -0.4 is 0 Å². The molecule has 3 aromatic carbocycles. The molecule has 0 bridgehead atoms. The number of benzene rings is 3. The van der Waals surface area contributed by atoms with Gasteiger partial charge < -0.3 is 4.57 Å². The summed E-state index contributed by atoms with van der Waals surface area (Å²) >= 11 is 1.02. The number of aromatic nitrogens is 1. The van der Waals surface area contributed by atoms with Gasteiger partial charge in [0, 0.05) is 28.7 Å². The highest BCUT2D eigenvalue weighted by molar-refractivity contribution is 8.18. The lowest BCUT2D eigenvalue weighted by molar-refractivity contribution is -0.123. The normalized spacial score (nSPS) is 15.2. The quantitative estimate of drug-likeness (QED) is 0.323. The first-order valence-corrected chi connectivity index (χ1v) is 11.8. The van der Waals surface area contributed by atoms with E-state index >= 15 is 0 Å². The monoisotopic (exact) mass is 452 g/mol. The fraction of sp³-hybridized carbons (Fsp3) is 0.143. The molecule has 2 heterocycles. The molecule has 2 amide bonds. The van der Waals surface area contributed by atoms with Crippen LogP contribution >= 0.6 is 11.8 Å². The molecule has 1 fully saturated rings. The Morgan fingerprint density at radius 1 is 0.818 bits per heavy atom. The first kappa shape index (κ1) is 21.3. The largest absolute Gasteiger partial charge is 0.340 e. The van der Waals surface area contributed by atoms with E-state index in [1.54, 1.807) is 0 Å². The summed E-state index contributed by atoms with van der Waals surface area (Å²) in [6, 6.07) is 26.5. The van der Waals surface area contributed by atoms with Crippen LogP contribution in [0.3, 0.4) is 0 Å². The smallest absolute Gasteiger partial charge is 0.293 e. The number of aryl methyl sites for hydroxylation is 1. The number of carbonyl (C=O) groups excluding carboxylic acids is 2. The van der Waals surface area contributed by atoms with Crippen molar-refractivity contribution >= 4 is 39.9 Å². The minimum Gasteiger partial charge on any atom is -0.340 e. The molecular weight excluding hydrogens is 428 g/mol. The molecule has 1 aromatic heterocycles. The number of amides is 2. The van der Waals surface area contributed by atoms with Crippen molar-refractivity contribution in [3.63, 3.8) is 0 Å². The van der Waals surface area contributed by atoms with Crippen molar-refractivity contribution in [3.05, 3.63) is 112 Å². The summed E-state index contributed by atoms with van der Waals surface area (Å²) < 4.78 is 2.27. The maximum Gasteiger partial charge on any atom is 0.293 e. The van der Waals surface area contributed by atoms with Crippen LogP contribution in [0.4, 0.5) is 4.79 Å². The zero-order valence-corrected chi connectivity index (χ0v) is 19.4. The van der Waals surface area contributed by atoms with E-state index in [1.807, 2.05) is 67.6 Å². The van der Waals surface area contributed by atoms with Gasteiger partial charge in [-0.1, -0.05) is 78.4 Å². The highest BCUT2D eigenvalue weighted by atomic mass is 32.2. The molecule has 0 saturated carbocycles. The number of carbonyl (C=O) groups is 2. The predicted molar refractivity (Wildman–Crippen MR) is 135 cm³/mol. The van der Waals surface area contributed by atoms with Gasteiger partial charge in [-0.15, -0.1) is 0 Å². The maximum absolute atomic E-state index is 13.2. The maximum atomic E-state index is 13.2. The Bertz CT molecular complexity index is 1400. The van der Waals surface area contributed by atoms with E-state index in [9.17, 15) is 9.59 Å². The van der Waals surface area contributed by atoms with Gasteiger partial charge in [-0.2, -0.15) is 0 Å². The molecule has 5 heteroatoms. The molecular formula is C28H24N2O2S. The Morgan fingerprint density at radius 2 is 1.55 bits per heavy atom. The third-order valence-electron chi connectivity index (χ3n) is 6.04. The Morgan fingerprint density at radius 3 is 2.33 bits per heavy atom. The molecule has 4 aromatic rings. The second-order valence-corrected chi connectivity index (χ2v) is 9.34. The van der Waals surface area contributed by atoms with Crippen LogP contribution in [0, 0.1) is 13.8 Å². The third kappa shape index (κ3) is 4.12. The Hall–Kier alpha value is -3.57. The zero-order chi connectivity index (χ0) is 22.9. The van der Waals surface area contributed by atoms with Gasteiger partial charge in [0.05, 0.1) is 11.4 Å². The highest BCUT2D eigenvalue weighted by Crippen LogP contribution is 2.36. The molecule has 0 N–H and O–H groups in total. The van der Waals surface area contributed by atoms with Crippen molar-refractivity contribution in [2.45, 2.75) is 26.9 Å². The van der Waals surface area contributed by atoms with E-state index in [0.29, 0.717) is 11.4 Å². The van der Waals surface area contributed by atoms with Crippen LogP contribution in [-0.2, 0) is 17.9 Å². The number of fused-ring (bicyclic) bond motifs is 1. The second-order valence-electron chi connectivity index (χ2n) is 8.34. The van der Waals surface area contributed by atoms with Crippen molar-refractivity contribution in [1.82, 2.24) is 9.47 Å². The number of rotatable bonds is 5. The lowest BCUT2D eigenvalue weighted by Crippen LogP contribution is -2.27. The number of thioether (sulfide) groups is 1. The molecule has 164 valence electrons. The van der Waals surface area contributed by atoms with Crippen LogP contribution in [0.5, 0.6) is 0 Å². The van der Waals surface area contributed by atoms with Crippen molar-refractivity contribution in [1.29, 1.82) is 0 Å². The van der Waals surface area contributed by atoms with E-state index in [1.165, 1.54) is 10.5 Å². The molecule has 5 rings (SSSR count). The van der Waals surface area contributed by atoms with Gasteiger partial charge in [0.1, 0.15) is 0 Å². The topological polar surface area (TPSA) is 42.3 Å². The first-order chi connectivity index (χ1) is 16.0. The van der Waals surface area contributed by atoms with Crippen LogP contribution in [0.2, 0.25) is 0 Å². The molecule has 4 nitrogen and oxygen atoms in total. The summed E-state index contributed by atoms with van der Waals surface area (Å²) in [6.07, 6.45) is 1.89. The third-order valence-corrected chi connectivity index (χ3v) is 6.94. The number of hydrogen-bond acceptors (Lipinski definition) is 3. The molecule has 0 atom stereocenters. The van der Waals surface area contributed by atoms with Crippen LogP contribution in [0.1, 0.15) is 27.9 Å². The average Bonchev–Trinajstić information content (AvgIpc) is 3.23. The average molecular weight is 453 g/mol.